The largest absolute Gasteiger partial charge is 0.379 e. The second-order valence-corrected chi connectivity index (χ2v) is 7.61. The number of pyridine rings is 2. The SMILES string of the molecule is Clc1ccc(-c2nc3ccc(-c4ccccc4)cn3c2CN2CCOCC2)nc1. The smallest absolute Gasteiger partial charge is 0.137 e. The third-order valence-corrected chi connectivity index (χ3v) is 5.50. The number of imidazole rings is 1. The van der Waals surface area contributed by atoms with Crippen LogP contribution in [-0.2, 0) is 11.3 Å². The highest BCUT2D eigenvalue weighted by Crippen LogP contribution is 2.28. The predicted octanol–water partition coefficient (Wildman–Crippen LogP) is 4.55. The number of nitrogens with zero attached hydrogens (tertiary/aromatic N) is 4. The normalized spacial score (nSPS) is 15.1. The Balaban J connectivity index is 1.64. The van der Waals surface area contributed by atoms with Gasteiger partial charge in [0.05, 0.1) is 29.6 Å². The van der Waals surface area contributed by atoms with Crippen molar-refractivity contribution in [1.82, 2.24) is 19.3 Å². The molecule has 0 spiro atoms. The fraction of sp³-hybridized carbons (Fsp3) is 0.217. The minimum absolute atomic E-state index is 0.624. The van der Waals surface area contributed by atoms with Crippen LogP contribution in [0.25, 0.3) is 28.2 Å². The summed E-state index contributed by atoms with van der Waals surface area (Å²) in [6.07, 6.45) is 3.85. The van der Waals surface area contributed by atoms with Gasteiger partial charge >= 0.3 is 0 Å². The summed E-state index contributed by atoms with van der Waals surface area (Å²) in [6, 6.07) is 18.4. The van der Waals surface area contributed by atoms with Gasteiger partial charge in [0.1, 0.15) is 11.3 Å². The molecule has 0 amide bonds. The van der Waals surface area contributed by atoms with E-state index in [-0.39, 0.29) is 0 Å². The summed E-state index contributed by atoms with van der Waals surface area (Å²) >= 11 is 6.05. The molecule has 1 aromatic carbocycles. The van der Waals surface area contributed by atoms with Crippen LogP contribution < -0.4 is 0 Å². The van der Waals surface area contributed by atoms with E-state index in [1.165, 1.54) is 5.56 Å². The second kappa shape index (κ2) is 7.95. The molecule has 1 saturated heterocycles. The molecule has 6 heteroatoms. The lowest BCUT2D eigenvalue weighted by Crippen LogP contribution is -2.36. The van der Waals surface area contributed by atoms with Crippen molar-refractivity contribution in [3.8, 4) is 22.5 Å². The van der Waals surface area contributed by atoms with E-state index in [9.17, 15) is 0 Å². The maximum Gasteiger partial charge on any atom is 0.137 e. The summed E-state index contributed by atoms with van der Waals surface area (Å²) in [5, 5.41) is 0.624. The average Bonchev–Trinajstić information content (AvgIpc) is 3.13. The Kier molecular flexibility index (Phi) is 5.02. The van der Waals surface area contributed by atoms with Crippen LogP contribution in [0.3, 0.4) is 0 Å². The van der Waals surface area contributed by atoms with E-state index < -0.39 is 0 Å². The zero-order chi connectivity index (χ0) is 19.6. The average molecular weight is 405 g/mol. The van der Waals surface area contributed by atoms with Crippen LogP contribution >= 0.6 is 11.6 Å². The van der Waals surface area contributed by atoms with E-state index in [1.54, 1.807) is 6.20 Å². The third-order valence-electron chi connectivity index (χ3n) is 5.27. The minimum atomic E-state index is 0.624. The number of benzene rings is 1. The molecule has 1 fully saturated rings. The molecule has 0 atom stereocenters. The molecule has 29 heavy (non-hydrogen) atoms. The van der Waals surface area contributed by atoms with Crippen molar-refractivity contribution in [2.24, 2.45) is 0 Å². The lowest BCUT2D eigenvalue weighted by Gasteiger charge is -2.26. The monoisotopic (exact) mass is 404 g/mol. The molecule has 5 rings (SSSR count). The Bertz CT molecular complexity index is 1120. The van der Waals surface area contributed by atoms with E-state index in [1.807, 2.05) is 18.2 Å². The van der Waals surface area contributed by atoms with Crippen LogP contribution in [0.15, 0.2) is 67.0 Å². The van der Waals surface area contributed by atoms with Gasteiger partial charge in [-0.3, -0.25) is 9.88 Å². The molecule has 0 N–H and O–H groups in total. The standard InChI is InChI=1S/C23H21ClN4O/c24-19-7-8-20(25-14-19)23-21(16-27-10-12-29-13-11-27)28-15-18(6-9-22(28)26-23)17-4-2-1-3-5-17/h1-9,14-15H,10-13,16H2. The van der Waals surface area contributed by atoms with Gasteiger partial charge in [-0.25, -0.2) is 4.98 Å². The summed E-state index contributed by atoms with van der Waals surface area (Å²) in [6.45, 7) is 4.15. The Morgan fingerprint density at radius 2 is 1.76 bits per heavy atom. The van der Waals surface area contributed by atoms with Crippen molar-refractivity contribution < 1.29 is 4.74 Å². The van der Waals surface area contributed by atoms with E-state index >= 15 is 0 Å². The number of halogens is 1. The highest BCUT2D eigenvalue weighted by molar-refractivity contribution is 6.30. The van der Waals surface area contributed by atoms with E-state index in [2.05, 4.69) is 56.9 Å². The number of ether oxygens (including phenoxy) is 1. The quantitative estimate of drug-likeness (QED) is 0.500. The van der Waals surface area contributed by atoms with Crippen LogP contribution in [0.5, 0.6) is 0 Å². The molecule has 0 radical (unpaired) electrons. The van der Waals surface area contributed by atoms with Crippen molar-refractivity contribution in [2.45, 2.75) is 6.54 Å². The first-order valence-electron chi connectivity index (χ1n) is 9.76. The predicted molar refractivity (Wildman–Crippen MR) is 115 cm³/mol. The molecular weight excluding hydrogens is 384 g/mol. The molecule has 1 aliphatic heterocycles. The molecular formula is C23H21ClN4O. The summed E-state index contributed by atoms with van der Waals surface area (Å²) in [7, 11) is 0. The zero-order valence-electron chi connectivity index (χ0n) is 16.0. The number of hydrogen-bond acceptors (Lipinski definition) is 4. The van der Waals surface area contributed by atoms with Gasteiger partial charge in [0.25, 0.3) is 0 Å². The summed E-state index contributed by atoms with van der Waals surface area (Å²) in [5.41, 5.74) is 6.14. The van der Waals surface area contributed by atoms with Crippen molar-refractivity contribution in [2.75, 3.05) is 26.3 Å². The summed E-state index contributed by atoms with van der Waals surface area (Å²) in [5.74, 6) is 0. The number of hydrogen-bond donors (Lipinski definition) is 0. The Hall–Kier alpha value is -2.73. The zero-order valence-corrected chi connectivity index (χ0v) is 16.7. The lowest BCUT2D eigenvalue weighted by atomic mass is 10.1. The fourth-order valence-electron chi connectivity index (χ4n) is 3.74. The highest BCUT2D eigenvalue weighted by atomic mass is 35.5. The molecule has 4 aromatic rings. The molecule has 146 valence electrons. The number of morpholine rings is 1. The van der Waals surface area contributed by atoms with E-state index in [0.717, 1.165) is 61.1 Å². The van der Waals surface area contributed by atoms with Crippen LogP contribution in [-0.4, -0.2) is 45.6 Å². The maximum absolute atomic E-state index is 6.05. The van der Waals surface area contributed by atoms with Crippen LogP contribution in [0.1, 0.15) is 5.69 Å². The summed E-state index contributed by atoms with van der Waals surface area (Å²) in [4.78, 5) is 11.8. The van der Waals surface area contributed by atoms with Crippen LogP contribution in [0, 0.1) is 0 Å². The van der Waals surface area contributed by atoms with Crippen molar-refractivity contribution in [3.63, 3.8) is 0 Å². The van der Waals surface area contributed by atoms with Crippen LogP contribution in [0.4, 0.5) is 0 Å². The molecule has 0 unspecified atom stereocenters. The fourth-order valence-corrected chi connectivity index (χ4v) is 3.85. The Morgan fingerprint density at radius 3 is 2.52 bits per heavy atom. The molecule has 5 nitrogen and oxygen atoms in total. The number of rotatable bonds is 4. The van der Waals surface area contributed by atoms with Gasteiger partial charge in [0.15, 0.2) is 0 Å². The molecule has 0 aliphatic carbocycles. The molecule has 0 bridgehead atoms. The Labute approximate surface area is 174 Å². The van der Waals surface area contributed by atoms with Gasteiger partial charge in [-0.1, -0.05) is 41.9 Å². The van der Waals surface area contributed by atoms with Gasteiger partial charge < -0.3 is 9.14 Å². The van der Waals surface area contributed by atoms with Gasteiger partial charge in [-0.05, 0) is 35.4 Å². The van der Waals surface area contributed by atoms with Gasteiger partial charge in [-0.2, -0.15) is 0 Å². The first-order chi connectivity index (χ1) is 14.3. The van der Waals surface area contributed by atoms with Gasteiger partial charge in [-0.15, -0.1) is 0 Å². The maximum atomic E-state index is 6.05. The van der Waals surface area contributed by atoms with Crippen LogP contribution in [0.2, 0.25) is 5.02 Å². The number of fused-ring (bicyclic) bond motifs is 1. The van der Waals surface area contributed by atoms with Crippen molar-refractivity contribution >= 4 is 17.2 Å². The Morgan fingerprint density at radius 1 is 0.931 bits per heavy atom. The lowest BCUT2D eigenvalue weighted by molar-refractivity contribution is 0.0336. The molecule has 3 aromatic heterocycles. The van der Waals surface area contributed by atoms with Gasteiger partial charge in [0.2, 0.25) is 0 Å². The molecule has 1 aliphatic rings. The second-order valence-electron chi connectivity index (χ2n) is 7.17. The first-order valence-corrected chi connectivity index (χ1v) is 10.1. The first kappa shape index (κ1) is 18.3. The van der Waals surface area contributed by atoms with Crippen molar-refractivity contribution in [3.05, 3.63) is 77.7 Å². The van der Waals surface area contributed by atoms with Gasteiger partial charge in [0, 0.05) is 32.0 Å². The molecule has 4 heterocycles. The molecule has 0 saturated carbocycles. The van der Waals surface area contributed by atoms with E-state index in [0.29, 0.717) is 5.02 Å². The minimum Gasteiger partial charge on any atom is -0.379 e. The highest BCUT2D eigenvalue weighted by Gasteiger charge is 2.20. The summed E-state index contributed by atoms with van der Waals surface area (Å²) < 4.78 is 7.72. The van der Waals surface area contributed by atoms with E-state index in [4.69, 9.17) is 21.3 Å². The number of aromatic nitrogens is 3. The van der Waals surface area contributed by atoms with Crippen molar-refractivity contribution in [1.29, 1.82) is 0 Å². The third kappa shape index (κ3) is 3.77. The topological polar surface area (TPSA) is 42.7 Å².